The predicted molar refractivity (Wildman–Crippen MR) is 94.8 cm³/mol. The van der Waals surface area contributed by atoms with Crippen LogP contribution < -0.4 is 11.1 Å². The van der Waals surface area contributed by atoms with E-state index in [4.69, 9.17) is 5.73 Å². The van der Waals surface area contributed by atoms with Crippen molar-refractivity contribution < 1.29 is 4.79 Å². The van der Waals surface area contributed by atoms with Crippen molar-refractivity contribution >= 4 is 5.91 Å². The zero-order chi connectivity index (χ0) is 16.7. The summed E-state index contributed by atoms with van der Waals surface area (Å²) in [4.78, 5) is 14.5. The van der Waals surface area contributed by atoms with Crippen molar-refractivity contribution in [1.82, 2.24) is 10.2 Å². The van der Waals surface area contributed by atoms with Gasteiger partial charge in [-0.3, -0.25) is 9.69 Å². The molecule has 1 aliphatic heterocycles. The minimum absolute atomic E-state index is 0.0477. The second-order valence-electron chi connectivity index (χ2n) is 6.84. The number of nitrogens with two attached hydrogens (primary N) is 1. The van der Waals surface area contributed by atoms with Gasteiger partial charge in [-0.05, 0) is 49.4 Å². The maximum atomic E-state index is 12.0. The van der Waals surface area contributed by atoms with Crippen molar-refractivity contribution in [1.29, 1.82) is 0 Å². The number of hydrogen-bond acceptors (Lipinski definition) is 3. The van der Waals surface area contributed by atoms with Crippen molar-refractivity contribution in [2.75, 3.05) is 13.1 Å². The fourth-order valence-corrected chi connectivity index (χ4v) is 3.10. The maximum Gasteiger partial charge on any atom is 0.237 e. The molecule has 0 spiro atoms. The minimum atomic E-state index is -0.393. The SMILES string of the molecule is CCCC(N)C(=O)NCc1ccccc1CN1CCC(C)CC1. The van der Waals surface area contributed by atoms with E-state index in [1.807, 2.05) is 13.0 Å². The molecule has 128 valence electrons. The van der Waals surface area contributed by atoms with E-state index in [0.717, 1.165) is 25.3 Å². The molecule has 0 aliphatic carbocycles. The van der Waals surface area contributed by atoms with E-state index in [9.17, 15) is 4.79 Å². The van der Waals surface area contributed by atoms with Gasteiger partial charge < -0.3 is 11.1 Å². The van der Waals surface area contributed by atoms with Crippen LogP contribution in [0.2, 0.25) is 0 Å². The average Bonchev–Trinajstić information content (AvgIpc) is 2.56. The highest BCUT2D eigenvalue weighted by molar-refractivity contribution is 5.81. The molecule has 1 saturated heterocycles. The van der Waals surface area contributed by atoms with Crippen molar-refractivity contribution in [3.05, 3.63) is 35.4 Å². The van der Waals surface area contributed by atoms with Crippen molar-refractivity contribution in [2.24, 2.45) is 11.7 Å². The van der Waals surface area contributed by atoms with Gasteiger partial charge in [0.25, 0.3) is 0 Å². The molecule has 4 heteroatoms. The Hall–Kier alpha value is -1.39. The quantitative estimate of drug-likeness (QED) is 0.813. The molecule has 1 heterocycles. The molecular weight excluding hydrogens is 286 g/mol. The fraction of sp³-hybridized carbons (Fsp3) is 0.632. The van der Waals surface area contributed by atoms with Gasteiger partial charge in [0, 0.05) is 13.1 Å². The van der Waals surface area contributed by atoms with Gasteiger partial charge in [-0.15, -0.1) is 0 Å². The zero-order valence-corrected chi connectivity index (χ0v) is 14.6. The summed E-state index contributed by atoms with van der Waals surface area (Å²) in [5.41, 5.74) is 8.38. The highest BCUT2D eigenvalue weighted by Gasteiger charge is 2.17. The van der Waals surface area contributed by atoms with Crippen LogP contribution in [-0.4, -0.2) is 29.9 Å². The molecule has 0 bridgehead atoms. The molecule has 4 nitrogen and oxygen atoms in total. The number of carbonyl (C=O) groups excluding carboxylic acids is 1. The van der Waals surface area contributed by atoms with Gasteiger partial charge in [0.2, 0.25) is 5.91 Å². The Morgan fingerprint density at radius 2 is 1.96 bits per heavy atom. The van der Waals surface area contributed by atoms with Gasteiger partial charge in [0.05, 0.1) is 6.04 Å². The molecule has 1 aromatic rings. The van der Waals surface area contributed by atoms with Gasteiger partial charge in [-0.1, -0.05) is 44.5 Å². The van der Waals surface area contributed by atoms with E-state index in [1.54, 1.807) is 0 Å². The van der Waals surface area contributed by atoms with Gasteiger partial charge in [0.15, 0.2) is 0 Å². The summed E-state index contributed by atoms with van der Waals surface area (Å²) in [6.07, 6.45) is 4.23. The number of likely N-dealkylation sites (tertiary alicyclic amines) is 1. The smallest absolute Gasteiger partial charge is 0.237 e. The molecule has 0 saturated carbocycles. The first-order valence-corrected chi connectivity index (χ1v) is 8.92. The monoisotopic (exact) mass is 317 g/mol. The Morgan fingerprint density at radius 1 is 1.30 bits per heavy atom. The number of nitrogens with one attached hydrogen (secondary N) is 1. The number of amides is 1. The first kappa shape index (κ1) is 18.0. The van der Waals surface area contributed by atoms with E-state index >= 15 is 0 Å². The molecular formula is C19H31N3O. The summed E-state index contributed by atoms with van der Waals surface area (Å²) >= 11 is 0. The molecule has 0 radical (unpaired) electrons. The largest absolute Gasteiger partial charge is 0.351 e. The fourth-order valence-electron chi connectivity index (χ4n) is 3.10. The van der Waals surface area contributed by atoms with Crippen LogP contribution in [0.1, 0.15) is 50.7 Å². The topological polar surface area (TPSA) is 58.4 Å². The summed E-state index contributed by atoms with van der Waals surface area (Å²) in [6.45, 7) is 8.26. The normalized spacial score (nSPS) is 17.9. The molecule has 2 rings (SSSR count). The number of nitrogens with zero attached hydrogens (tertiary/aromatic N) is 1. The molecule has 1 fully saturated rings. The van der Waals surface area contributed by atoms with Crippen LogP contribution in [0.25, 0.3) is 0 Å². The first-order chi connectivity index (χ1) is 11.1. The molecule has 3 N–H and O–H groups in total. The number of hydrogen-bond donors (Lipinski definition) is 2. The minimum Gasteiger partial charge on any atom is -0.351 e. The molecule has 1 atom stereocenters. The van der Waals surface area contributed by atoms with Crippen LogP contribution in [0, 0.1) is 5.92 Å². The summed E-state index contributed by atoms with van der Waals surface area (Å²) in [6, 6.07) is 8.00. The molecule has 1 unspecified atom stereocenters. The first-order valence-electron chi connectivity index (χ1n) is 8.92. The molecule has 23 heavy (non-hydrogen) atoms. The van der Waals surface area contributed by atoms with E-state index < -0.39 is 6.04 Å². The number of rotatable bonds is 7. The van der Waals surface area contributed by atoms with Crippen molar-refractivity contribution in [3.8, 4) is 0 Å². The van der Waals surface area contributed by atoms with E-state index in [1.165, 1.54) is 37.1 Å². The Balaban J connectivity index is 1.91. The van der Waals surface area contributed by atoms with Crippen LogP contribution in [0.15, 0.2) is 24.3 Å². The van der Waals surface area contributed by atoms with E-state index in [2.05, 4.69) is 35.3 Å². The van der Waals surface area contributed by atoms with Crippen molar-refractivity contribution in [2.45, 2.75) is 58.7 Å². The Labute approximate surface area is 140 Å². The molecule has 1 aromatic carbocycles. The highest BCUT2D eigenvalue weighted by atomic mass is 16.2. The molecule has 1 aliphatic rings. The standard InChI is InChI=1S/C19H31N3O/c1-3-6-18(20)19(23)21-13-16-7-4-5-8-17(16)14-22-11-9-15(2)10-12-22/h4-5,7-8,15,18H,3,6,9-14,20H2,1-2H3,(H,21,23). The van der Waals surface area contributed by atoms with Crippen LogP contribution in [0.4, 0.5) is 0 Å². The lowest BCUT2D eigenvalue weighted by atomic mass is 9.98. The van der Waals surface area contributed by atoms with Gasteiger partial charge >= 0.3 is 0 Å². The van der Waals surface area contributed by atoms with E-state index in [-0.39, 0.29) is 5.91 Å². The maximum absolute atomic E-state index is 12.0. The van der Waals surface area contributed by atoms with Crippen LogP contribution in [-0.2, 0) is 17.9 Å². The third-order valence-electron chi connectivity index (χ3n) is 4.78. The lowest BCUT2D eigenvalue weighted by molar-refractivity contribution is -0.122. The highest BCUT2D eigenvalue weighted by Crippen LogP contribution is 2.19. The van der Waals surface area contributed by atoms with E-state index in [0.29, 0.717) is 6.54 Å². The number of carbonyl (C=O) groups is 1. The predicted octanol–water partition coefficient (Wildman–Crippen LogP) is 2.66. The van der Waals surface area contributed by atoms with Gasteiger partial charge in [0.1, 0.15) is 0 Å². The third-order valence-corrected chi connectivity index (χ3v) is 4.78. The second-order valence-corrected chi connectivity index (χ2v) is 6.84. The van der Waals surface area contributed by atoms with Gasteiger partial charge in [-0.25, -0.2) is 0 Å². The van der Waals surface area contributed by atoms with Crippen LogP contribution in [0.3, 0.4) is 0 Å². The summed E-state index contributed by atoms with van der Waals surface area (Å²) in [5.74, 6) is 0.800. The average molecular weight is 317 g/mol. The van der Waals surface area contributed by atoms with Crippen LogP contribution in [0.5, 0.6) is 0 Å². The third kappa shape index (κ3) is 5.63. The second kappa shape index (κ2) is 9.04. The lowest BCUT2D eigenvalue weighted by Crippen LogP contribution is -2.40. The van der Waals surface area contributed by atoms with Crippen LogP contribution >= 0.6 is 0 Å². The summed E-state index contributed by atoms with van der Waals surface area (Å²) < 4.78 is 0. The Kier molecular flexibility index (Phi) is 7.06. The summed E-state index contributed by atoms with van der Waals surface area (Å²) in [7, 11) is 0. The van der Waals surface area contributed by atoms with Gasteiger partial charge in [-0.2, -0.15) is 0 Å². The van der Waals surface area contributed by atoms with Crippen molar-refractivity contribution in [3.63, 3.8) is 0 Å². The molecule has 1 amide bonds. The lowest BCUT2D eigenvalue weighted by Gasteiger charge is -2.30. The zero-order valence-electron chi connectivity index (χ0n) is 14.6. The number of piperidine rings is 1. The Bertz CT molecular complexity index is 495. The molecule has 0 aromatic heterocycles. The Morgan fingerprint density at radius 3 is 2.61 bits per heavy atom. The number of benzene rings is 1. The summed E-state index contributed by atoms with van der Waals surface area (Å²) in [5, 5.41) is 2.99.